The molecule has 1 N–H and O–H groups in total. The average molecular weight is 407 g/mol. The zero-order valence-electron chi connectivity index (χ0n) is 13.3. The Morgan fingerprint density at radius 2 is 2.00 bits per heavy atom. The Hall–Kier alpha value is -2.41. The van der Waals surface area contributed by atoms with E-state index >= 15 is 0 Å². The summed E-state index contributed by atoms with van der Waals surface area (Å²) in [6, 6.07) is 11.4. The van der Waals surface area contributed by atoms with Crippen molar-refractivity contribution in [3.8, 4) is 5.75 Å². The number of nitrogens with one attached hydrogen (secondary N) is 1. The fraction of sp³-hybridized carbons (Fsp3) is 0.222. The number of anilines is 2. The molecule has 0 saturated carbocycles. The predicted molar refractivity (Wildman–Crippen MR) is 96.3 cm³/mol. The Morgan fingerprint density at radius 1 is 1.24 bits per heavy atom. The normalized spacial score (nSPS) is 13.8. The van der Waals surface area contributed by atoms with E-state index in [0.29, 0.717) is 16.6 Å². The standard InChI is InChI=1S/C18H16BrFN2O3/c19-12-3-8-16(15(20)10-12)21-17(23)11-25-14-6-4-13(5-7-14)22-9-1-2-18(22)24/h3-8,10H,1-2,9,11H2,(H,21,23). The van der Waals surface area contributed by atoms with E-state index in [4.69, 9.17) is 4.74 Å². The van der Waals surface area contributed by atoms with E-state index in [9.17, 15) is 14.0 Å². The number of nitrogens with zero attached hydrogens (tertiary/aromatic N) is 1. The molecule has 0 bridgehead atoms. The summed E-state index contributed by atoms with van der Waals surface area (Å²) in [6.07, 6.45) is 1.44. The summed E-state index contributed by atoms with van der Waals surface area (Å²) in [5.41, 5.74) is 0.913. The first-order chi connectivity index (χ1) is 12.0. The third kappa shape index (κ3) is 4.36. The van der Waals surface area contributed by atoms with Gasteiger partial charge in [-0.15, -0.1) is 0 Å². The van der Waals surface area contributed by atoms with Crippen LogP contribution in [0.3, 0.4) is 0 Å². The fourth-order valence-electron chi connectivity index (χ4n) is 2.57. The molecule has 2 aromatic carbocycles. The summed E-state index contributed by atoms with van der Waals surface area (Å²) in [6.45, 7) is 0.484. The molecule has 0 atom stereocenters. The highest BCUT2D eigenvalue weighted by Crippen LogP contribution is 2.24. The SMILES string of the molecule is O=C(COc1ccc(N2CCCC2=O)cc1)Nc1ccc(Br)cc1F. The number of hydrogen-bond donors (Lipinski definition) is 1. The van der Waals surface area contributed by atoms with Crippen molar-refractivity contribution >= 4 is 39.1 Å². The Bertz CT molecular complexity index is 795. The molecule has 130 valence electrons. The van der Waals surface area contributed by atoms with Crippen molar-refractivity contribution in [1.29, 1.82) is 0 Å². The molecule has 25 heavy (non-hydrogen) atoms. The molecular weight excluding hydrogens is 391 g/mol. The van der Waals surface area contributed by atoms with Gasteiger partial charge in [0.2, 0.25) is 5.91 Å². The Kier molecular flexibility index (Phi) is 5.33. The molecule has 1 saturated heterocycles. The lowest BCUT2D eigenvalue weighted by atomic mass is 10.3. The molecule has 0 aliphatic carbocycles. The van der Waals surface area contributed by atoms with Crippen LogP contribution in [-0.2, 0) is 9.59 Å². The zero-order chi connectivity index (χ0) is 17.8. The van der Waals surface area contributed by atoms with Gasteiger partial charge in [0.1, 0.15) is 11.6 Å². The highest BCUT2D eigenvalue weighted by atomic mass is 79.9. The average Bonchev–Trinajstić information content (AvgIpc) is 3.02. The summed E-state index contributed by atoms with van der Waals surface area (Å²) in [5.74, 6) is -0.367. The smallest absolute Gasteiger partial charge is 0.262 e. The molecule has 1 aliphatic heterocycles. The van der Waals surface area contributed by atoms with Gasteiger partial charge < -0.3 is 15.0 Å². The van der Waals surface area contributed by atoms with Gasteiger partial charge in [0.15, 0.2) is 6.61 Å². The maximum atomic E-state index is 13.7. The van der Waals surface area contributed by atoms with Crippen molar-refractivity contribution in [1.82, 2.24) is 0 Å². The van der Waals surface area contributed by atoms with E-state index < -0.39 is 11.7 Å². The summed E-state index contributed by atoms with van der Waals surface area (Å²) >= 11 is 3.16. The summed E-state index contributed by atoms with van der Waals surface area (Å²) in [5, 5.41) is 2.46. The number of carbonyl (C=O) groups excluding carboxylic acids is 2. The molecule has 2 amide bonds. The van der Waals surface area contributed by atoms with Crippen molar-refractivity contribution in [3.63, 3.8) is 0 Å². The van der Waals surface area contributed by atoms with Crippen LogP contribution in [0, 0.1) is 5.82 Å². The van der Waals surface area contributed by atoms with E-state index in [1.807, 2.05) is 0 Å². The minimum Gasteiger partial charge on any atom is -0.484 e. The lowest BCUT2D eigenvalue weighted by Crippen LogP contribution is -2.23. The third-order valence-electron chi connectivity index (χ3n) is 3.80. The molecule has 0 aromatic heterocycles. The molecule has 7 heteroatoms. The molecule has 5 nitrogen and oxygen atoms in total. The van der Waals surface area contributed by atoms with Gasteiger partial charge in [0, 0.05) is 23.1 Å². The van der Waals surface area contributed by atoms with Gasteiger partial charge >= 0.3 is 0 Å². The first-order valence-corrected chi connectivity index (χ1v) is 8.60. The van der Waals surface area contributed by atoms with Crippen LogP contribution in [0.2, 0.25) is 0 Å². The Balaban J connectivity index is 1.54. The largest absolute Gasteiger partial charge is 0.484 e. The van der Waals surface area contributed by atoms with E-state index in [1.54, 1.807) is 35.2 Å². The lowest BCUT2D eigenvalue weighted by Gasteiger charge is -2.16. The van der Waals surface area contributed by atoms with Gasteiger partial charge in [-0.3, -0.25) is 9.59 Å². The number of carbonyl (C=O) groups is 2. The van der Waals surface area contributed by atoms with Crippen molar-refractivity contribution in [2.45, 2.75) is 12.8 Å². The molecule has 1 aliphatic rings. The van der Waals surface area contributed by atoms with Gasteiger partial charge in [-0.05, 0) is 48.9 Å². The number of ether oxygens (including phenoxy) is 1. The third-order valence-corrected chi connectivity index (χ3v) is 4.29. The monoisotopic (exact) mass is 406 g/mol. The summed E-state index contributed by atoms with van der Waals surface area (Å²) < 4.78 is 19.7. The molecule has 3 rings (SSSR count). The summed E-state index contributed by atoms with van der Waals surface area (Å²) in [7, 11) is 0. The van der Waals surface area contributed by atoms with Crippen molar-refractivity contribution in [2.75, 3.05) is 23.4 Å². The quantitative estimate of drug-likeness (QED) is 0.822. The van der Waals surface area contributed by atoms with Gasteiger partial charge in [0.25, 0.3) is 5.91 Å². The Labute approximate surface area is 152 Å². The van der Waals surface area contributed by atoms with Gasteiger partial charge in [-0.25, -0.2) is 4.39 Å². The van der Waals surface area contributed by atoms with Crippen LogP contribution in [0.5, 0.6) is 5.75 Å². The van der Waals surface area contributed by atoms with Gasteiger partial charge in [0.05, 0.1) is 5.69 Å². The van der Waals surface area contributed by atoms with E-state index in [2.05, 4.69) is 21.2 Å². The molecule has 0 radical (unpaired) electrons. The maximum Gasteiger partial charge on any atom is 0.262 e. The van der Waals surface area contributed by atoms with Crippen molar-refractivity contribution in [2.24, 2.45) is 0 Å². The molecule has 0 unspecified atom stereocenters. The molecule has 0 spiro atoms. The van der Waals surface area contributed by atoms with E-state index in [-0.39, 0.29) is 18.2 Å². The van der Waals surface area contributed by atoms with Crippen LogP contribution in [-0.4, -0.2) is 25.0 Å². The van der Waals surface area contributed by atoms with Crippen LogP contribution >= 0.6 is 15.9 Å². The number of hydrogen-bond acceptors (Lipinski definition) is 3. The highest BCUT2D eigenvalue weighted by Gasteiger charge is 2.21. The van der Waals surface area contributed by atoms with Crippen molar-refractivity contribution in [3.05, 3.63) is 52.8 Å². The van der Waals surface area contributed by atoms with Crippen LogP contribution < -0.4 is 15.0 Å². The second-order valence-electron chi connectivity index (χ2n) is 5.60. The highest BCUT2D eigenvalue weighted by molar-refractivity contribution is 9.10. The second-order valence-corrected chi connectivity index (χ2v) is 6.52. The van der Waals surface area contributed by atoms with Crippen LogP contribution in [0.4, 0.5) is 15.8 Å². The summed E-state index contributed by atoms with van der Waals surface area (Å²) in [4.78, 5) is 25.3. The zero-order valence-corrected chi connectivity index (χ0v) is 14.9. The van der Waals surface area contributed by atoms with Crippen LogP contribution in [0.25, 0.3) is 0 Å². The topological polar surface area (TPSA) is 58.6 Å². The van der Waals surface area contributed by atoms with Crippen molar-refractivity contribution < 1.29 is 18.7 Å². The van der Waals surface area contributed by atoms with Crippen LogP contribution in [0.15, 0.2) is 46.9 Å². The van der Waals surface area contributed by atoms with Crippen LogP contribution in [0.1, 0.15) is 12.8 Å². The number of benzene rings is 2. The number of amides is 2. The van der Waals surface area contributed by atoms with Gasteiger partial charge in [-0.2, -0.15) is 0 Å². The number of halogens is 2. The predicted octanol–water partition coefficient (Wildman–Crippen LogP) is 3.73. The molecular formula is C18H16BrFN2O3. The fourth-order valence-corrected chi connectivity index (χ4v) is 2.90. The van der Waals surface area contributed by atoms with E-state index in [0.717, 1.165) is 18.7 Å². The molecule has 1 heterocycles. The Morgan fingerprint density at radius 3 is 2.64 bits per heavy atom. The van der Waals surface area contributed by atoms with Gasteiger partial charge in [-0.1, -0.05) is 15.9 Å². The molecule has 2 aromatic rings. The first kappa shape index (κ1) is 17.4. The minimum atomic E-state index is -0.526. The first-order valence-electron chi connectivity index (χ1n) is 7.81. The number of rotatable bonds is 5. The molecule has 1 fully saturated rings. The second kappa shape index (κ2) is 7.65. The minimum absolute atomic E-state index is 0.0969. The lowest BCUT2D eigenvalue weighted by molar-refractivity contribution is -0.118. The maximum absolute atomic E-state index is 13.7. The van der Waals surface area contributed by atoms with E-state index in [1.165, 1.54) is 12.1 Å².